The molecular formula is C17H24N2O4. The monoisotopic (exact) mass is 320 g/mol. The van der Waals surface area contributed by atoms with E-state index < -0.39 is 5.97 Å². The van der Waals surface area contributed by atoms with Crippen molar-refractivity contribution in [1.29, 1.82) is 0 Å². The Morgan fingerprint density at radius 3 is 2.30 bits per heavy atom. The Hall–Kier alpha value is -2.08. The molecule has 1 aromatic carbocycles. The van der Waals surface area contributed by atoms with Crippen LogP contribution in [0.3, 0.4) is 0 Å². The van der Waals surface area contributed by atoms with Gasteiger partial charge in [0.05, 0.1) is 5.56 Å². The Bertz CT molecular complexity index is 582. The first-order valence-corrected chi connectivity index (χ1v) is 7.91. The number of carboxylic acids is 1. The molecule has 0 bridgehead atoms. The molecule has 23 heavy (non-hydrogen) atoms. The van der Waals surface area contributed by atoms with Crippen LogP contribution in [-0.4, -0.2) is 65.1 Å². The molecule has 1 aromatic rings. The van der Waals surface area contributed by atoms with Crippen LogP contribution in [0.5, 0.6) is 5.75 Å². The third kappa shape index (κ3) is 4.45. The quantitative estimate of drug-likeness (QED) is 0.838. The Labute approximate surface area is 136 Å². The molecule has 1 aliphatic carbocycles. The number of hydrogen-bond donors (Lipinski definition) is 2. The summed E-state index contributed by atoms with van der Waals surface area (Å²) >= 11 is 0. The van der Waals surface area contributed by atoms with Crippen LogP contribution in [0.2, 0.25) is 0 Å². The van der Waals surface area contributed by atoms with Gasteiger partial charge in [0.25, 0.3) is 5.91 Å². The number of phenolic OH excluding ortho intramolecular Hbond substituents is 1. The summed E-state index contributed by atoms with van der Waals surface area (Å²) in [7, 11) is 3.76. The Kier molecular flexibility index (Phi) is 5.60. The lowest BCUT2D eigenvalue weighted by Crippen LogP contribution is -2.38. The fourth-order valence-electron chi connectivity index (χ4n) is 3.02. The van der Waals surface area contributed by atoms with E-state index in [0.29, 0.717) is 12.6 Å². The maximum atomic E-state index is 12.4. The van der Waals surface area contributed by atoms with Gasteiger partial charge < -0.3 is 20.0 Å². The maximum Gasteiger partial charge on any atom is 0.335 e. The van der Waals surface area contributed by atoms with E-state index in [1.807, 2.05) is 0 Å². The zero-order valence-electron chi connectivity index (χ0n) is 13.7. The molecule has 2 N–H and O–H groups in total. The molecule has 0 spiro atoms. The summed E-state index contributed by atoms with van der Waals surface area (Å²) in [5, 5.41) is 18.6. The summed E-state index contributed by atoms with van der Waals surface area (Å²) in [6.45, 7) is 1.33. The highest BCUT2D eigenvalue weighted by molar-refractivity contribution is 5.98. The van der Waals surface area contributed by atoms with Crippen LogP contribution >= 0.6 is 0 Å². The van der Waals surface area contributed by atoms with Crippen molar-refractivity contribution in [3.63, 3.8) is 0 Å². The van der Waals surface area contributed by atoms with Crippen LogP contribution in [0.25, 0.3) is 0 Å². The lowest BCUT2D eigenvalue weighted by atomic mass is 10.1. The third-order valence-electron chi connectivity index (χ3n) is 4.49. The Balaban J connectivity index is 1.97. The number of carbonyl (C=O) groups excluding carboxylic acids is 1. The molecule has 0 atom stereocenters. The number of hydrogen-bond acceptors (Lipinski definition) is 4. The number of likely N-dealkylation sites (N-methyl/N-ethyl adjacent to an activating group) is 2. The van der Waals surface area contributed by atoms with E-state index in [0.717, 1.165) is 12.6 Å². The lowest BCUT2D eigenvalue weighted by molar-refractivity contribution is 0.0696. The summed E-state index contributed by atoms with van der Waals surface area (Å²) in [4.78, 5) is 27.3. The van der Waals surface area contributed by atoms with Crippen molar-refractivity contribution in [2.75, 3.05) is 27.2 Å². The van der Waals surface area contributed by atoms with Gasteiger partial charge >= 0.3 is 5.97 Å². The molecule has 2 rings (SSSR count). The second-order valence-corrected chi connectivity index (χ2v) is 6.22. The van der Waals surface area contributed by atoms with Crippen molar-refractivity contribution in [1.82, 2.24) is 9.80 Å². The van der Waals surface area contributed by atoms with Gasteiger partial charge in [-0.25, -0.2) is 4.79 Å². The summed E-state index contributed by atoms with van der Waals surface area (Å²) < 4.78 is 0. The number of aromatic carboxylic acids is 1. The van der Waals surface area contributed by atoms with E-state index in [1.54, 1.807) is 11.9 Å². The van der Waals surface area contributed by atoms with Crippen molar-refractivity contribution < 1.29 is 19.8 Å². The molecule has 0 radical (unpaired) electrons. The zero-order chi connectivity index (χ0) is 17.0. The van der Waals surface area contributed by atoms with Crippen molar-refractivity contribution in [3.05, 3.63) is 29.3 Å². The minimum atomic E-state index is -1.17. The molecular weight excluding hydrogens is 296 g/mol. The number of carboxylic acid groups (broad SMARTS) is 1. The molecule has 0 unspecified atom stereocenters. The van der Waals surface area contributed by atoms with Gasteiger partial charge in [-0.05, 0) is 38.1 Å². The highest BCUT2D eigenvalue weighted by atomic mass is 16.4. The predicted molar refractivity (Wildman–Crippen MR) is 86.9 cm³/mol. The summed E-state index contributed by atoms with van der Waals surface area (Å²) in [6, 6.07) is 4.32. The number of phenols is 1. The summed E-state index contributed by atoms with van der Waals surface area (Å²) in [5.41, 5.74) is 0.0956. The van der Waals surface area contributed by atoms with Crippen LogP contribution in [0.1, 0.15) is 46.4 Å². The smallest absolute Gasteiger partial charge is 0.335 e. The second-order valence-electron chi connectivity index (χ2n) is 6.22. The van der Waals surface area contributed by atoms with E-state index in [9.17, 15) is 14.7 Å². The van der Waals surface area contributed by atoms with E-state index in [2.05, 4.69) is 11.9 Å². The first kappa shape index (κ1) is 17.3. The van der Waals surface area contributed by atoms with Crippen molar-refractivity contribution in [2.24, 2.45) is 0 Å². The van der Waals surface area contributed by atoms with Gasteiger partial charge in [0.15, 0.2) is 0 Å². The van der Waals surface area contributed by atoms with E-state index >= 15 is 0 Å². The second kappa shape index (κ2) is 7.46. The van der Waals surface area contributed by atoms with Crippen LogP contribution in [0, 0.1) is 0 Å². The summed E-state index contributed by atoms with van der Waals surface area (Å²) in [5.74, 6) is -1.67. The SMILES string of the molecule is CN(CCN(C)C1CCCC1)C(=O)c1cc(O)cc(C(=O)O)c1. The number of benzene rings is 1. The fourth-order valence-corrected chi connectivity index (χ4v) is 3.02. The average Bonchev–Trinajstić information content (AvgIpc) is 3.05. The average molecular weight is 320 g/mol. The standard InChI is InChI=1S/C17H24N2O4/c1-18(14-5-3-4-6-14)7-8-19(2)16(21)12-9-13(17(22)23)11-15(20)10-12/h9-11,14,20H,3-8H2,1-2H3,(H,22,23). The largest absolute Gasteiger partial charge is 0.508 e. The van der Waals surface area contributed by atoms with Crippen molar-refractivity contribution >= 4 is 11.9 Å². The number of rotatable bonds is 6. The normalized spacial score (nSPS) is 15.1. The van der Waals surface area contributed by atoms with Gasteiger partial charge in [-0.2, -0.15) is 0 Å². The van der Waals surface area contributed by atoms with Gasteiger partial charge in [-0.3, -0.25) is 4.79 Å². The number of carbonyl (C=O) groups is 2. The van der Waals surface area contributed by atoms with Crippen LogP contribution < -0.4 is 0 Å². The highest BCUT2D eigenvalue weighted by Crippen LogP contribution is 2.22. The Morgan fingerprint density at radius 1 is 1.09 bits per heavy atom. The molecule has 0 aromatic heterocycles. The topological polar surface area (TPSA) is 81.1 Å². The molecule has 0 heterocycles. The van der Waals surface area contributed by atoms with E-state index in [-0.39, 0.29) is 22.8 Å². The predicted octanol–water partition coefficient (Wildman–Crippen LogP) is 2.04. The minimum Gasteiger partial charge on any atom is -0.508 e. The first-order chi connectivity index (χ1) is 10.9. The van der Waals surface area contributed by atoms with Gasteiger partial charge in [0.2, 0.25) is 0 Å². The number of amides is 1. The molecule has 1 fully saturated rings. The van der Waals surface area contributed by atoms with Crippen molar-refractivity contribution in [2.45, 2.75) is 31.7 Å². The van der Waals surface area contributed by atoms with E-state index in [4.69, 9.17) is 5.11 Å². The van der Waals surface area contributed by atoms with Gasteiger partial charge in [-0.15, -0.1) is 0 Å². The lowest BCUT2D eigenvalue weighted by Gasteiger charge is -2.27. The third-order valence-corrected chi connectivity index (χ3v) is 4.49. The molecule has 1 saturated carbocycles. The van der Waals surface area contributed by atoms with Gasteiger partial charge in [0.1, 0.15) is 5.75 Å². The highest BCUT2D eigenvalue weighted by Gasteiger charge is 2.21. The molecule has 0 saturated heterocycles. The van der Waals surface area contributed by atoms with Gasteiger partial charge in [0, 0.05) is 31.7 Å². The van der Waals surface area contributed by atoms with Crippen LogP contribution in [0.4, 0.5) is 0 Å². The Morgan fingerprint density at radius 2 is 1.70 bits per heavy atom. The van der Waals surface area contributed by atoms with E-state index in [1.165, 1.54) is 37.8 Å². The number of nitrogens with zero attached hydrogens (tertiary/aromatic N) is 2. The zero-order valence-corrected chi connectivity index (χ0v) is 13.7. The van der Waals surface area contributed by atoms with Crippen LogP contribution in [0.15, 0.2) is 18.2 Å². The van der Waals surface area contributed by atoms with Crippen LogP contribution in [-0.2, 0) is 0 Å². The molecule has 6 nitrogen and oxygen atoms in total. The molecule has 6 heteroatoms. The maximum absolute atomic E-state index is 12.4. The van der Waals surface area contributed by atoms with Gasteiger partial charge in [-0.1, -0.05) is 12.8 Å². The number of aromatic hydroxyl groups is 1. The summed E-state index contributed by atoms with van der Waals surface area (Å²) in [6.07, 6.45) is 4.96. The van der Waals surface area contributed by atoms with Crippen molar-refractivity contribution in [3.8, 4) is 5.75 Å². The minimum absolute atomic E-state index is 0.0928. The molecule has 1 aliphatic rings. The first-order valence-electron chi connectivity index (χ1n) is 7.91. The molecule has 126 valence electrons. The fraction of sp³-hybridized carbons (Fsp3) is 0.529. The molecule has 1 amide bonds. The molecule has 0 aliphatic heterocycles.